The number of carbonyl (C=O) groups is 1. The molecule has 0 saturated carbocycles. The topological polar surface area (TPSA) is 84.5 Å². The van der Waals surface area contributed by atoms with E-state index in [1.165, 1.54) is 0 Å². The molecule has 1 unspecified atom stereocenters. The van der Waals surface area contributed by atoms with Crippen LogP contribution in [0.15, 0.2) is 53.4 Å². The van der Waals surface area contributed by atoms with E-state index in [1.807, 2.05) is 38.1 Å². The molecule has 0 aromatic heterocycles. The van der Waals surface area contributed by atoms with Crippen LogP contribution in [0.25, 0.3) is 0 Å². The summed E-state index contributed by atoms with van der Waals surface area (Å²) in [4.78, 5) is 12.5. The van der Waals surface area contributed by atoms with E-state index in [9.17, 15) is 13.2 Å². The highest BCUT2D eigenvalue weighted by Crippen LogP contribution is 2.17. The van der Waals surface area contributed by atoms with Crippen LogP contribution in [0.5, 0.6) is 5.75 Å². The summed E-state index contributed by atoms with van der Waals surface area (Å²) in [6, 6.07) is 14.1. The first-order chi connectivity index (χ1) is 13.4. The fourth-order valence-electron chi connectivity index (χ4n) is 2.70. The fraction of sp³-hybridized carbons (Fsp3) is 0.381. The van der Waals surface area contributed by atoms with Gasteiger partial charge in [-0.2, -0.15) is 0 Å². The second-order valence-corrected chi connectivity index (χ2v) is 8.37. The lowest BCUT2D eigenvalue weighted by molar-refractivity contribution is -0.121. The number of hydrogen-bond donors (Lipinski definition) is 2. The molecule has 28 heavy (non-hydrogen) atoms. The lowest BCUT2D eigenvalue weighted by Crippen LogP contribution is -2.26. The van der Waals surface area contributed by atoms with Crippen molar-refractivity contribution >= 4 is 15.9 Å². The van der Waals surface area contributed by atoms with Crippen LogP contribution in [-0.2, 0) is 21.2 Å². The van der Waals surface area contributed by atoms with Gasteiger partial charge in [-0.1, -0.05) is 31.2 Å². The van der Waals surface area contributed by atoms with Crippen molar-refractivity contribution in [3.05, 3.63) is 59.7 Å². The Bertz CT molecular complexity index is 862. The van der Waals surface area contributed by atoms with Crippen LogP contribution in [0.3, 0.4) is 0 Å². The Morgan fingerprint density at radius 2 is 1.71 bits per heavy atom. The van der Waals surface area contributed by atoms with Crippen LogP contribution >= 0.6 is 0 Å². The van der Waals surface area contributed by atoms with Gasteiger partial charge in [-0.3, -0.25) is 4.79 Å². The van der Waals surface area contributed by atoms with Crippen LogP contribution in [0, 0.1) is 0 Å². The van der Waals surface area contributed by atoms with Gasteiger partial charge >= 0.3 is 0 Å². The fourth-order valence-corrected chi connectivity index (χ4v) is 3.84. The predicted molar refractivity (Wildman–Crippen MR) is 110 cm³/mol. The van der Waals surface area contributed by atoms with E-state index < -0.39 is 10.0 Å². The zero-order valence-corrected chi connectivity index (χ0v) is 17.4. The van der Waals surface area contributed by atoms with Crippen molar-refractivity contribution in [2.24, 2.45) is 0 Å². The van der Waals surface area contributed by atoms with Gasteiger partial charge in [-0.25, -0.2) is 13.1 Å². The van der Waals surface area contributed by atoms with Gasteiger partial charge in [0.25, 0.3) is 0 Å². The number of methoxy groups -OCH3 is 1. The highest BCUT2D eigenvalue weighted by molar-refractivity contribution is 7.89. The Kier molecular flexibility index (Phi) is 8.02. The van der Waals surface area contributed by atoms with Crippen molar-refractivity contribution in [1.29, 1.82) is 0 Å². The smallest absolute Gasteiger partial charge is 0.240 e. The number of aryl methyl sites for hydroxylation is 1. The van der Waals surface area contributed by atoms with Gasteiger partial charge in [0.05, 0.1) is 18.0 Å². The Hall–Kier alpha value is -2.38. The number of sulfonamides is 1. The molecule has 0 heterocycles. The first kappa shape index (κ1) is 21.9. The molecule has 1 atom stereocenters. The second-order valence-electron chi connectivity index (χ2n) is 6.60. The highest BCUT2D eigenvalue weighted by Gasteiger charge is 2.13. The van der Waals surface area contributed by atoms with Crippen LogP contribution in [0.2, 0.25) is 0 Å². The molecule has 0 fully saturated rings. The third-order valence-electron chi connectivity index (χ3n) is 4.41. The van der Waals surface area contributed by atoms with E-state index in [2.05, 4.69) is 10.0 Å². The first-order valence-electron chi connectivity index (χ1n) is 9.37. The molecule has 2 aromatic carbocycles. The summed E-state index contributed by atoms with van der Waals surface area (Å²) in [5.74, 6) is 0.724. The number of amides is 1. The molecule has 7 heteroatoms. The standard InChI is InChI=1S/C21H28N2O4S/c1-4-15-22-28(25,26)20-12-5-17(6-13-20)7-14-21(24)23-16(2)18-8-10-19(27-3)11-9-18/h5-6,8-13,16,22H,4,7,14-15H2,1-3H3,(H,23,24). The van der Waals surface area contributed by atoms with E-state index in [4.69, 9.17) is 4.74 Å². The number of ether oxygens (including phenoxy) is 1. The van der Waals surface area contributed by atoms with E-state index in [-0.39, 0.29) is 16.8 Å². The maximum absolute atomic E-state index is 12.2. The Morgan fingerprint density at radius 1 is 1.07 bits per heavy atom. The van der Waals surface area contributed by atoms with Crippen LogP contribution in [-0.4, -0.2) is 28.0 Å². The zero-order valence-electron chi connectivity index (χ0n) is 16.6. The summed E-state index contributed by atoms with van der Waals surface area (Å²) in [7, 11) is -1.85. The Balaban J connectivity index is 1.86. The first-order valence-corrected chi connectivity index (χ1v) is 10.9. The monoisotopic (exact) mass is 404 g/mol. The van der Waals surface area contributed by atoms with Gasteiger partial charge in [-0.15, -0.1) is 0 Å². The molecule has 0 bridgehead atoms. The summed E-state index contributed by atoms with van der Waals surface area (Å²) in [6.07, 6.45) is 1.62. The number of hydrogen-bond acceptors (Lipinski definition) is 4. The van der Waals surface area contributed by atoms with Crippen LogP contribution in [0.1, 0.15) is 43.9 Å². The molecule has 1 amide bonds. The zero-order chi connectivity index (χ0) is 20.6. The summed E-state index contributed by atoms with van der Waals surface area (Å²) >= 11 is 0. The van der Waals surface area contributed by atoms with E-state index >= 15 is 0 Å². The van der Waals surface area contributed by atoms with Gasteiger partial charge in [0.1, 0.15) is 5.75 Å². The van der Waals surface area contributed by atoms with Crippen molar-refractivity contribution in [3.63, 3.8) is 0 Å². The molecule has 0 radical (unpaired) electrons. The minimum Gasteiger partial charge on any atom is -0.497 e. The third kappa shape index (κ3) is 6.35. The summed E-state index contributed by atoms with van der Waals surface area (Å²) in [5, 5.41) is 2.98. The second kappa shape index (κ2) is 10.2. The molecular weight excluding hydrogens is 376 g/mol. The predicted octanol–water partition coefficient (Wildman–Crippen LogP) is 3.19. The molecule has 0 saturated heterocycles. The van der Waals surface area contributed by atoms with Gasteiger partial charge < -0.3 is 10.1 Å². The molecule has 2 rings (SSSR count). The van der Waals surface area contributed by atoms with Gasteiger partial charge in [0, 0.05) is 13.0 Å². The van der Waals surface area contributed by atoms with E-state index in [1.54, 1.807) is 31.4 Å². The molecule has 0 aliphatic carbocycles. The molecule has 2 aromatic rings. The molecule has 6 nitrogen and oxygen atoms in total. The van der Waals surface area contributed by atoms with Crippen molar-refractivity contribution in [1.82, 2.24) is 10.0 Å². The Morgan fingerprint density at radius 3 is 2.29 bits per heavy atom. The molecule has 0 aliphatic rings. The number of carbonyl (C=O) groups excluding carboxylic acids is 1. The average Bonchev–Trinajstić information content (AvgIpc) is 2.71. The lowest BCUT2D eigenvalue weighted by Gasteiger charge is -2.15. The number of nitrogens with one attached hydrogen (secondary N) is 2. The van der Waals surface area contributed by atoms with Crippen LogP contribution in [0.4, 0.5) is 0 Å². The minimum atomic E-state index is -3.46. The van der Waals surface area contributed by atoms with E-state index in [0.717, 1.165) is 23.3 Å². The molecule has 0 spiro atoms. The lowest BCUT2D eigenvalue weighted by atomic mass is 10.1. The average molecular weight is 405 g/mol. The van der Waals surface area contributed by atoms with Gasteiger partial charge in [0.2, 0.25) is 15.9 Å². The van der Waals surface area contributed by atoms with Crippen molar-refractivity contribution in [2.45, 2.75) is 44.0 Å². The SMILES string of the molecule is CCCNS(=O)(=O)c1ccc(CCC(=O)NC(C)c2ccc(OC)cc2)cc1. The van der Waals surface area contributed by atoms with Crippen molar-refractivity contribution in [3.8, 4) is 5.75 Å². The quantitative estimate of drug-likeness (QED) is 0.637. The van der Waals surface area contributed by atoms with E-state index in [0.29, 0.717) is 19.4 Å². The van der Waals surface area contributed by atoms with Crippen LogP contribution < -0.4 is 14.8 Å². The number of rotatable bonds is 10. The molecule has 0 aliphatic heterocycles. The van der Waals surface area contributed by atoms with Crippen molar-refractivity contribution in [2.75, 3.05) is 13.7 Å². The normalized spacial score (nSPS) is 12.4. The maximum atomic E-state index is 12.2. The molecular formula is C21H28N2O4S. The largest absolute Gasteiger partial charge is 0.497 e. The Labute approximate surface area is 167 Å². The van der Waals surface area contributed by atoms with Gasteiger partial charge in [-0.05, 0) is 55.2 Å². The van der Waals surface area contributed by atoms with Crippen molar-refractivity contribution < 1.29 is 17.9 Å². The third-order valence-corrected chi connectivity index (χ3v) is 5.89. The maximum Gasteiger partial charge on any atom is 0.240 e. The number of benzene rings is 2. The minimum absolute atomic E-state index is 0.0513. The molecule has 152 valence electrons. The summed E-state index contributed by atoms with van der Waals surface area (Å²) in [6.45, 7) is 4.26. The van der Waals surface area contributed by atoms with Gasteiger partial charge in [0.15, 0.2) is 0 Å². The summed E-state index contributed by atoms with van der Waals surface area (Å²) in [5.41, 5.74) is 1.92. The molecule has 2 N–H and O–H groups in total. The summed E-state index contributed by atoms with van der Waals surface area (Å²) < 4.78 is 31.8. The highest BCUT2D eigenvalue weighted by atomic mass is 32.2.